The molecule has 0 aliphatic carbocycles. The Balaban J connectivity index is 2.00. The molecule has 1 aliphatic heterocycles. The van der Waals surface area contributed by atoms with E-state index in [1.54, 1.807) is 12.1 Å². The number of benzene rings is 1. The average Bonchev–Trinajstić information content (AvgIpc) is 2.80. The fraction of sp³-hybridized carbons (Fsp3) is 0.500. The molecule has 16 heavy (non-hydrogen) atoms. The topological polar surface area (TPSA) is 18.5 Å². The van der Waals surface area contributed by atoms with Gasteiger partial charge in [0.15, 0.2) is 0 Å². The van der Waals surface area contributed by atoms with Crippen molar-refractivity contribution in [3.8, 4) is 0 Å². The van der Waals surface area contributed by atoms with Gasteiger partial charge in [-0.15, -0.1) is 0 Å². The third-order valence-corrected chi connectivity index (χ3v) is 3.21. The Morgan fingerprint density at radius 2 is 2.19 bits per heavy atom. The lowest BCUT2D eigenvalue weighted by Gasteiger charge is -2.19. The lowest BCUT2D eigenvalue weighted by Crippen LogP contribution is -2.17. The van der Waals surface area contributed by atoms with Crippen molar-refractivity contribution in [1.82, 2.24) is 0 Å². The highest BCUT2D eigenvalue weighted by atomic mass is 79.9. The van der Waals surface area contributed by atoms with Crippen LogP contribution in [0, 0.1) is 5.82 Å². The van der Waals surface area contributed by atoms with Gasteiger partial charge < -0.3 is 9.47 Å². The van der Waals surface area contributed by atoms with Gasteiger partial charge in [0.2, 0.25) is 0 Å². The van der Waals surface area contributed by atoms with Crippen molar-refractivity contribution in [1.29, 1.82) is 0 Å². The van der Waals surface area contributed by atoms with E-state index >= 15 is 0 Å². The number of rotatable bonds is 4. The molecule has 0 saturated carbocycles. The molecule has 1 saturated heterocycles. The lowest BCUT2D eigenvalue weighted by atomic mass is 10.1. The third kappa shape index (κ3) is 3.03. The van der Waals surface area contributed by atoms with E-state index < -0.39 is 0 Å². The molecule has 1 heterocycles. The second kappa shape index (κ2) is 5.75. The van der Waals surface area contributed by atoms with Crippen molar-refractivity contribution in [3.63, 3.8) is 0 Å². The van der Waals surface area contributed by atoms with Gasteiger partial charge in [0.1, 0.15) is 5.82 Å². The Hall–Kier alpha value is -0.450. The van der Waals surface area contributed by atoms with Crippen LogP contribution in [0.1, 0.15) is 18.1 Å². The first-order chi connectivity index (χ1) is 7.79. The van der Waals surface area contributed by atoms with E-state index in [4.69, 9.17) is 9.47 Å². The van der Waals surface area contributed by atoms with Gasteiger partial charge in [0.05, 0.1) is 18.8 Å². The van der Waals surface area contributed by atoms with Gasteiger partial charge in [-0.05, 0) is 24.1 Å². The molecule has 1 aliphatic rings. The summed E-state index contributed by atoms with van der Waals surface area (Å²) in [4.78, 5) is 0. The van der Waals surface area contributed by atoms with Crippen LogP contribution < -0.4 is 0 Å². The van der Waals surface area contributed by atoms with Crippen LogP contribution in [0.4, 0.5) is 4.39 Å². The molecule has 0 aromatic heterocycles. The lowest BCUT2D eigenvalue weighted by molar-refractivity contribution is -0.00468. The minimum atomic E-state index is -0.221. The zero-order chi connectivity index (χ0) is 11.4. The van der Waals surface area contributed by atoms with Crippen molar-refractivity contribution in [2.75, 3.05) is 18.5 Å². The number of alkyl halides is 1. The number of hydrogen-bond donors (Lipinski definition) is 0. The first kappa shape index (κ1) is 12.0. The fourth-order valence-corrected chi connectivity index (χ4v) is 2.26. The van der Waals surface area contributed by atoms with Crippen molar-refractivity contribution in [2.45, 2.75) is 18.6 Å². The Morgan fingerprint density at radius 3 is 2.75 bits per heavy atom. The van der Waals surface area contributed by atoms with Gasteiger partial charge in [0, 0.05) is 11.9 Å². The first-order valence-corrected chi connectivity index (χ1v) is 6.46. The van der Waals surface area contributed by atoms with Gasteiger partial charge in [-0.2, -0.15) is 0 Å². The Bertz CT molecular complexity index is 322. The summed E-state index contributed by atoms with van der Waals surface area (Å²) in [6.07, 6.45) is 1.06. The monoisotopic (exact) mass is 288 g/mol. The fourth-order valence-electron chi connectivity index (χ4n) is 1.73. The molecule has 1 aromatic carbocycles. The predicted octanol–water partition coefficient (Wildman–Crippen LogP) is 3.07. The molecule has 2 atom stereocenters. The molecule has 4 heteroatoms. The molecular formula is C12H14BrFO2. The summed E-state index contributed by atoms with van der Waals surface area (Å²) in [5.74, 6) is -0.221. The molecule has 0 amide bonds. The predicted molar refractivity (Wildman–Crippen MR) is 63.2 cm³/mol. The largest absolute Gasteiger partial charge is 0.379 e. The highest BCUT2D eigenvalue weighted by Crippen LogP contribution is 2.24. The molecule has 1 fully saturated rings. The molecule has 2 nitrogen and oxygen atoms in total. The average molecular weight is 289 g/mol. The SMILES string of the molecule is Fc1ccc(C(CBr)OC2CCOC2)cc1. The van der Waals surface area contributed by atoms with E-state index in [9.17, 15) is 4.39 Å². The van der Waals surface area contributed by atoms with Gasteiger partial charge in [-0.1, -0.05) is 28.1 Å². The molecule has 2 unspecified atom stereocenters. The van der Waals surface area contributed by atoms with Crippen LogP contribution >= 0.6 is 15.9 Å². The van der Waals surface area contributed by atoms with Crippen molar-refractivity contribution in [2.24, 2.45) is 0 Å². The van der Waals surface area contributed by atoms with Gasteiger partial charge in [0.25, 0.3) is 0 Å². The summed E-state index contributed by atoms with van der Waals surface area (Å²) in [6, 6.07) is 6.44. The van der Waals surface area contributed by atoms with Crippen molar-refractivity contribution < 1.29 is 13.9 Å². The highest BCUT2D eigenvalue weighted by molar-refractivity contribution is 9.09. The number of halogens is 2. The van der Waals surface area contributed by atoms with Crippen LogP contribution in [0.3, 0.4) is 0 Å². The maximum atomic E-state index is 12.8. The molecule has 0 radical (unpaired) electrons. The van der Waals surface area contributed by atoms with E-state index in [1.807, 2.05) is 0 Å². The second-order valence-corrected chi connectivity index (χ2v) is 4.46. The van der Waals surface area contributed by atoms with Crippen LogP contribution in [0.25, 0.3) is 0 Å². The van der Waals surface area contributed by atoms with Crippen LogP contribution in [0.2, 0.25) is 0 Å². The molecule has 88 valence electrons. The number of hydrogen-bond acceptors (Lipinski definition) is 2. The van der Waals surface area contributed by atoms with E-state index in [-0.39, 0.29) is 18.0 Å². The zero-order valence-corrected chi connectivity index (χ0v) is 10.5. The Morgan fingerprint density at radius 1 is 1.44 bits per heavy atom. The van der Waals surface area contributed by atoms with Crippen LogP contribution in [0.15, 0.2) is 24.3 Å². The second-order valence-electron chi connectivity index (χ2n) is 3.82. The minimum absolute atomic E-state index is 0.0349. The normalized spacial score (nSPS) is 22.2. The first-order valence-electron chi connectivity index (χ1n) is 5.34. The van der Waals surface area contributed by atoms with Crippen molar-refractivity contribution >= 4 is 15.9 Å². The van der Waals surface area contributed by atoms with Crippen LogP contribution in [-0.2, 0) is 9.47 Å². The summed E-state index contributed by atoms with van der Waals surface area (Å²) >= 11 is 3.42. The van der Waals surface area contributed by atoms with Crippen LogP contribution in [-0.4, -0.2) is 24.6 Å². The minimum Gasteiger partial charge on any atom is -0.379 e. The summed E-state index contributed by atoms with van der Waals surface area (Å²) in [7, 11) is 0. The molecule has 1 aromatic rings. The standard InChI is InChI=1S/C12H14BrFO2/c13-7-12(16-11-5-6-15-8-11)9-1-3-10(14)4-2-9/h1-4,11-12H,5-8H2. The quantitative estimate of drug-likeness (QED) is 0.793. The summed E-state index contributed by atoms with van der Waals surface area (Å²) in [5.41, 5.74) is 0.991. The zero-order valence-electron chi connectivity index (χ0n) is 8.86. The summed E-state index contributed by atoms with van der Waals surface area (Å²) < 4.78 is 23.9. The van der Waals surface area contributed by atoms with E-state index in [0.29, 0.717) is 11.9 Å². The molecule has 0 N–H and O–H groups in total. The van der Waals surface area contributed by atoms with E-state index in [0.717, 1.165) is 18.6 Å². The van der Waals surface area contributed by atoms with Gasteiger partial charge in [-0.3, -0.25) is 0 Å². The maximum absolute atomic E-state index is 12.8. The summed E-state index contributed by atoms with van der Waals surface area (Å²) in [6.45, 7) is 1.42. The van der Waals surface area contributed by atoms with Crippen LogP contribution in [0.5, 0.6) is 0 Å². The number of ether oxygens (including phenoxy) is 2. The molecule has 0 bridgehead atoms. The summed E-state index contributed by atoms with van der Waals surface area (Å²) in [5, 5.41) is 0.704. The van der Waals surface area contributed by atoms with Gasteiger partial charge >= 0.3 is 0 Å². The smallest absolute Gasteiger partial charge is 0.123 e. The molecule has 2 rings (SSSR count). The third-order valence-electron chi connectivity index (χ3n) is 2.63. The Labute approximate surface area is 103 Å². The molecular weight excluding hydrogens is 275 g/mol. The van der Waals surface area contributed by atoms with Crippen molar-refractivity contribution in [3.05, 3.63) is 35.6 Å². The molecule has 0 spiro atoms. The van der Waals surface area contributed by atoms with Gasteiger partial charge in [-0.25, -0.2) is 4.39 Å². The van der Waals surface area contributed by atoms with E-state index in [1.165, 1.54) is 12.1 Å². The maximum Gasteiger partial charge on any atom is 0.123 e. The Kier molecular flexibility index (Phi) is 4.32. The van der Waals surface area contributed by atoms with E-state index in [2.05, 4.69) is 15.9 Å². The highest BCUT2D eigenvalue weighted by Gasteiger charge is 2.21.